The smallest absolute Gasteiger partial charge is 0.229 e. The Hall–Kier alpha value is -2.17. The van der Waals surface area contributed by atoms with E-state index in [1.165, 1.54) is 0 Å². The summed E-state index contributed by atoms with van der Waals surface area (Å²) in [7, 11) is 0. The minimum Gasteiger partial charge on any atom is -0.485 e. The van der Waals surface area contributed by atoms with Gasteiger partial charge in [-0.15, -0.1) is 0 Å². The van der Waals surface area contributed by atoms with Crippen LogP contribution in [0.2, 0.25) is 0 Å². The van der Waals surface area contributed by atoms with Crippen LogP contribution < -0.4 is 4.74 Å². The Balaban J connectivity index is 2.05. The maximum absolute atomic E-state index is 11.3. The van der Waals surface area contributed by atoms with Crippen molar-refractivity contribution >= 4 is 5.78 Å². The number of hydrogen-bond acceptors (Lipinski definition) is 5. The van der Waals surface area contributed by atoms with Crippen molar-refractivity contribution in [2.24, 2.45) is 0 Å². The second-order valence-corrected chi connectivity index (χ2v) is 5.03. The van der Waals surface area contributed by atoms with E-state index in [2.05, 4.69) is 10.1 Å². The summed E-state index contributed by atoms with van der Waals surface area (Å²) in [6, 6.07) is 5.35. The number of aromatic nitrogens is 2. The van der Waals surface area contributed by atoms with Crippen molar-refractivity contribution in [1.29, 1.82) is 0 Å². The molecule has 2 aromatic rings. The van der Waals surface area contributed by atoms with Gasteiger partial charge in [-0.1, -0.05) is 19.0 Å². The van der Waals surface area contributed by atoms with Gasteiger partial charge in [0, 0.05) is 11.5 Å². The number of benzene rings is 1. The van der Waals surface area contributed by atoms with Crippen molar-refractivity contribution in [3.63, 3.8) is 0 Å². The number of ketones is 1. The summed E-state index contributed by atoms with van der Waals surface area (Å²) >= 11 is 0. The molecule has 5 heteroatoms. The largest absolute Gasteiger partial charge is 0.485 e. The topological polar surface area (TPSA) is 65.2 Å². The molecule has 1 aromatic carbocycles. The molecule has 0 unspecified atom stereocenters. The van der Waals surface area contributed by atoms with Crippen LogP contribution in [0.25, 0.3) is 0 Å². The van der Waals surface area contributed by atoms with Crippen molar-refractivity contribution in [1.82, 2.24) is 10.1 Å². The number of nitrogens with zero attached hydrogens (tertiary/aromatic N) is 2. The Bertz CT molecular complexity index is 617. The number of carbonyl (C=O) groups excluding carboxylic acids is 1. The van der Waals surface area contributed by atoms with Crippen LogP contribution in [0, 0.1) is 6.92 Å². The predicted octanol–water partition coefficient (Wildman–Crippen LogP) is 3.28. The van der Waals surface area contributed by atoms with Gasteiger partial charge in [-0.25, -0.2) is 0 Å². The van der Waals surface area contributed by atoms with Crippen molar-refractivity contribution < 1.29 is 14.1 Å². The van der Waals surface area contributed by atoms with Crippen LogP contribution >= 0.6 is 0 Å². The van der Waals surface area contributed by atoms with E-state index in [-0.39, 0.29) is 18.3 Å². The number of aryl methyl sites for hydroxylation is 1. The lowest BCUT2D eigenvalue weighted by atomic mass is 10.1. The van der Waals surface area contributed by atoms with Crippen molar-refractivity contribution in [3.05, 3.63) is 41.0 Å². The molecule has 0 aliphatic rings. The Labute approximate surface area is 118 Å². The Morgan fingerprint density at radius 3 is 2.70 bits per heavy atom. The summed E-state index contributed by atoms with van der Waals surface area (Å²) in [4.78, 5) is 15.5. The molecule has 0 fully saturated rings. The van der Waals surface area contributed by atoms with Gasteiger partial charge in [0.25, 0.3) is 0 Å². The molecule has 0 saturated heterocycles. The quantitative estimate of drug-likeness (QED) is 0.783. The second kappa shape index (κ2) is 5.86. The molecule has 0 spiro atoms. The summed E-state index contributed by atoms with van der Waals surface area (Å²) in [6.07, 6.45) is 0. The molecule has 0 aliphatic heterocycles. The standard InChI is InChI=1S/C15H18N2O3/c1-9(2)15-16-14(17-20-15)8-19-13-6-5-12(11(4)18)7-10(13)3/h5-7,9H,8H2,1-4H3. The van der Waals surface area contributed by atoms with Gasteiger partial charge in [-0.2, -0.15) is 4.98 Å². The molecule has 20 heavy (non-hydrogen) atoms. The SMILES string of the molecule is CC(=O)c1ccc(OCc2noc(C(C)C)n2)c(C)c1. The monoisotopic (exact) mass is 274 g/mol. The third kappa shape index (κ3) is 3.23. The summed E-state index contributed by atoms with van der Waals surface area (Å²) in [5.41, 5.74) is 1.58. The molecule has 0 amide bonds. The van der Waals surface area contributed by atoms with Crippen molar-refractivity contribution in [2.45, 2.75) is 40.2 Å². The molecule has 2 rings (SSSR count). The minimum absolute atomic E-state index is 0.0411. The predicted molar refractivity (Wildman–Crippen MR) is 73.9 cm³/mol. The zero-order chi connectivity index (χ0) is 14.7. The fourth-order valence-corrected chi connectivity index (χ4v) is 1.73. The number of hydrogen-bond donors (Lipinski definition) is 0. The average molecular weight is 274 g/mol. The van der Waals surface area contributed by atoms with Crippen LogP contribution in [-0.2, 0) is 6.61 Å². The van der Waals surface area contributed by atoms with E-state index < -0.39 is 0 Å². The minimum atomic E-state index is 0.0411. The normalized spacial score (nSPS) is 10.8. The highest BCUT2D eigenvalue weighted by Crippen LogP contribution is 2.20. The molecule has 0 aliphatic carbocycles. The van der Waals surface area contributed by atoms with Crippen molar-refractivity contribution in [3.8, 4) is 5.75 Å². The second-order valence-electron chi connectivity index (χ2n) is 5.03. The van der Waals surface area contributed by atoms with Crippen LogP contribution in [0.3, 0.4) is 0 Å². The first-order valence-corrected chi connectivity index (χ1v) is 6.54. The van der Waals surface area contributed by atoms with E-state index in [9.17, 15) is 4.79 Å². The maximum atomic E-state index is 11.3. The van der Waals surface area contributed by atoms with Gasteiger partial charge in [0.2, 0.25) is 11.7 Å². The lowest BCUT2D eigenvalue weighted by Crippen LogP contribution is -2.01. The number of rotatable bonds is 5. The maximum Gasteiger partial charge on any atom is 0.229 e. The fraction of sp³-hybridized carbons (Fsp3) is 0.400. The first-order chi connectivity index (χ1) is 9.47. The van der Waals surface area contributed by atoms with Gasteiger partial charge in [0.15, 0.2) is 12.4 Å². The van der Waals surface area contributed by atoms with E-state index >= 15 is 0 Å². The Morgan fingerprint density at radius 2 is 2.15 bits per heavy atom. The lowest BCUT2D eigenvalue weighted by Gasteiger charge is -2.08. The van der Waals surface area contributed by atoms with Gasteiger partial charge >= 0.3 is 0 Å². The Morgan fingerprint density at radius 1 is 1.40 bits per heavy atom. The van der Waals surface area contributed by atoms with Gasteiger partial charge in [0.1, 0.15) is 5.75 Å². The third-order valence-electron chi connectivity index (χ3n) is 2.92. The van der Waals surface area contributed by atoms with Gasteiger partial charge < -0.3 is 9.26 Å². The van der Waals surface area contributed by atoms with Crippen LogP contribution in [0.4, 0.5) is 0 Å². The molecule has 0 N–H and O–H groups in total. The molecule has 1 heterocycles. The molecule has 1 aromatic heterocycles. The van der Waals surface area contributed by atoms with Crippen LogP contribution in [0.5, 0.6) is 5.75 Å². The molecular formula is C15H18N2O3. The van der Waals surface area contributed by atoms with Gasteiger partial charge in [-0.3, -0.25) is 4.79 Å². The fourth-order valence-electron chi connectivity index (χ4n) is 1.73. The summed E-state index contributed by atoms with van der Waals surface area (Å²) in [5.74, 6) is 2.08. The van der Waals surface area contributed by atoms with E-state index in [1.807, 2.05) is 26.8 Å². The van der Waals surface area contributed by atoms with E-state index in [0.29, 0.717) is 23.0 Å². The third-order valence-corrected chi connectivity index (χ3v) is 2.92. The van der Waals surface area contributed by atoms with E-state index in [0.717, 1.165) is 5.56 Å². The molecule has 0 bridgehead atoms. The van der Waals surface area contributed by atoms with E-state index in [4.69, 9.17) is 9.26 Å². The summed E-state index contributed by atoms with van der Waals surface area (Å²) in [5, 5.41) is 3.86. The molecule has 0 radical (unpaired) electrons. The molecule has 0 atom stereocenters. The van der Waals surface area contributed by atoms with Crippen molar-refractivity contribution in [2.75, 3.05) is 0 Å². The molecule has 0 saturated carbocycles. The lowest BCUT2D eigenvalue weighted by molar-refractivity contribution is 0.101. The average Bonchev–Trinajstić information content (AvgIpc) is 2.86. The number of ether oxygens (including phenoxy) is 1. The first kappa shape index (κ1) is 14.2. The summed E-state index contributed by atoms with van der Waals surface area (Å²) in [6.45, 7) is 7.67. The summed E-state index contributed by atoms with van der Waals surface area (Å²) < 4.78 is 10.8. The molecular weight excluding hydrogens is 256 g/mol. The highest BCUT2D eigenvalue weighted by Gasteiger charge is 2.11. The van der Waals surface area contributed by atoms with E-state index in [1.54, 1.807) is 19.1 Å². The highest BCUT2D eigenvalue weighted by atomic mass is 16.5. The van der Waals surface area contributed by atoms with Crippen LogP contribution in [-0.4, -0.2) is 15.9 Å². The van der Waals surface area contributed by atoms with Gasteiger partial charge in [-0.05, 0) is 37.6 Å². The number of carbonyl (C=O) groups is 1. The zero-order valence-corrected chi connectivity index (χ0v) is 12.1. The van der Waals surface area contributed by atoms with Gasteiger partial charge in [0.05, 0.1) is 0 Å². The molecule has 5 nitrogen and oxygen atoms in total. The van der Waals surface area contributed by atoms with Crippen LogP contribution in [0.1, 0.15) is 54.3 Å². The number of Topliss-reactive ketones (excluding diaryl/α,β-unsaturated/α-hetero) is 1. The Kier molecular flexibility index (Phi) is 4.17. The highest BCUT2D eigenvalue weighted by molar-refractivity contribution is 5.94. The first-order valence-electron chi connectivity index (χ1n) is 6.54. The van der Waals surface area contributed by atoms with Crippen LogP contribution in [0.15, 0.2) is 22.7 Å². The molecule has 106 valence electrons. The zero-order valence-electron chi connectivity index (χ0n) is 12.1.